The fraction of sp³-hybridized carbons (Fsp3) is 0.391. The molecule has 5 heterocycles. The third-order valence-electron chi connectivity index (χ3n) is 5.58. The van der Waals surface area contributed by atoms with Crippen LogP contribution in [0.4, 0.5) is 0 Å². The maximum Gasteiger partial charge on any atom is 0.138 e. The Balaban J connectivity index is 0.00000245. The quantitative estimate of drug-likeness (QED) is 0.372. The second-order valence-electron chi connectivity index (χ2n) is 7.94. The number of aryl methyl sites for hydroxylation is 2. The van der Waals surface area contributed by atoms with E-state index in [0.717, 1.165) is 70.3 Å². The number of ketones is 1. The van der Waals surface area contributed by atoms with Gasteiger partial charge in [-0.05, 0) is 50.8 Å². The predicted octanol–water partition coefficient (Wildman–Crippen LogP) is 5.13. The predicted molar refractivity (Wildman–Crippen MR) is 126 cm³/mol. The molecule has 1 aliphatic rings. The molecule has 162 valence electrons. The highest BCUT2D eigenvalue weighted by Gasteiger charge is 2.25. The number of nitrogens with one attached hydrogen (secondary N) is 1. The van der Waals surface area contributed by atoms with Crippen LogP contribution in [0.2, 0.25) is 0 Å². The number of Topliss-reactive ketones (excluding diaryl/α,β-unsaturated/α-hetero) is 1. The molecular formula is C23H26N4O2S2. The average molecular weight is 455 g/mol. The molecule has 0 aliphatic carbocycles. The summed E-state index contributed by atoms with van der Waals surface area (Å²) in [5, 5.41) is 8.50. The molecule has 31 heavy (non-hydrogen) atoms. The lowest BCUT2D eigenvalue weighted by atomic mass is 10.00. The highest BCUT2D eigenvalue weighted by molar-refractivity contribution is 7.22. The molecule has 0 saturated carbocycles. The number of fused-ring (bicyclic) bond motifs is 2. The second-order valence-corrected chi connectivity index (χ2v) is 10.2. The lowest BCUT2D eigenvalue weighted by molar-refractivity contribution is -0.118. The van der Waals surface area contributed by atoms with Crippen LogP contribution in [0.1, 0.15) is 47.5 Å². The zero-order chi connectivity index (χ0) is 21.2. The van der Waals surface area contributed by atoms with Crippen molar-refractivity contribution in [3.8, 4) is 10.6 Å². The molecule has 0 unspecified atom stereocenters. The molecule has 5 rings (SSSR count). The topological polar surface area (TPSA) is 80.9 Å². The van der Waals surface area contributed by atoms with Gasteiger partial charge in [0.15, 0.2) is 0 Å². The SMILES string of the molecule is Cc1cc(CCCCC(=O)Cc2sc3c(c2-c2nc4cnccc4s2)CCNC3)no1.[HH]. The van der Waals surface area contributed by atoms with Crippen molar-refractivity contribution in [3.63, 3.8) is 0 Å². The van der Waals surface area contributed by atoms with Gasteiger partial charge >= 0.3 is 0 Å². The number of nitrogens with zero attached hydrogens (tertiary/aromatic N) is 3. The van der Waals surface area contributed by atoms with E-state index in [1.54, 1.807) is 22.7 Å². The molecule has 1 aliphatic heterocycles. The number of thiazole rings is 1. The van der Waals surface area contributed by atoms with Gasteiger partial charge in [-0.3, -0.25) is 9.78 Å². The minimum atomic E-state index is 0. The summed E-state index contributed by atoms with van der Waals surface area (Å²) in [6.45, 7) is 3.75. The summed E-state index contributed by atoms with van der Waals surface area (Å²) in [5.74, 6) is 1.13. The Hall–Kier alpha value is -2.42. The van der Waals surface area contributed by atoms with Crippen molar-refractivity contribution in [3.05, 3.63) is 51.3 Å². The fourth-order valence-electron chi connectivity index (χ4n) is 4.08. The third-order valence-corrected chi connectivity index (χ3v) is 7.86. The number of unbranched alkanes of at least 4 members (excludes halogenated alkanes) is 1. The maximum absolute atomic E-state index is 12.8. The van der Waals surface area contributed by atoms with E-state index in [2.05, 4.69) is 15.5 Å². The Labute approximate surface area is 190 Å². The van der Waals surface area contributed by atoms with Gasteiger partial charge in [-0.2, -0.15) is 0 Å². The molecule has 8 heteroatoms. The molecule has 0 aromatic carbocycles. The Morgan fingerprint density at radius 2 is 2.26 bits per heavy atom. The minimum absolute atomic E-state index is 0. The van der Waals surface area contributed by atoms with E-state index < -0.39 is 0 Å². The molecular weight excluding hydrogens is 428 g/mol. The summed E-state index contributed by atoms with van der Waals surface area (Å²) in [7, 11) is 0. The fourth-order valence-corrected chi connectivity index (χ4v) is 6.53. The summed E-state index contributed by atoms with van der Waals surface area (Å²) in [6.07, 6.45) is 8.37. The van der Waals surface area contributed by atoms with Crippen molar-refractivity contribution in [2.24, 2.45) is 0 Å². The van der Waals surface area contributed by atoms with Gasteiger partial charge in [-0.15, -0.1) is 22.7 Å². The van der Waals surface area contributed by atoms with Crippen LogP contribution in [0.25, 0.3) is 20.8 Å². The van der Waals surface area contributed by atoms with Crippen molar-refractivity contribution in [1.82, 2.24) is 20.4 Å². The number of carbonyl (C=O) groups is 1. The van der Waals surface area contributed by atoms with Crippen LogP contribution in [0.15, 0.2) is 29.0 Å². The number of rotatable bonds is 8. The van der Waals surface area contributed by atoms with Crippen LogP contribution in [0.5, 0.6) is 0 Å². The minimum Gasteiger partial charge on any atom is -0.361 e. The summed E-state index contributed by atoms with van der Waals surface area (Å²) in [5.41, 5.74) is 4.47. The number of hydrogen-bond acceptors (Lipinski definition) is 8. The first-order chi connectivity index (χ1) is 15.2. The molecule has 1 N–H and O–H groups in total. The van der Waals surface area contributed by atoms with Crippen LogP contribution in [0.3, 0.4) is 0 Å². The molecule has 0 saturated heterocycles. The van der Waals surface area contributed by atoms with Crippen molar-refractivity contribution >= 4 is 38.7 Å². The van der Waals surface area contributed by atoms with Crippen LogP contribution < -0.4 is 5.32 Å². The van der Waals surface area contributed by atoms with Gasteiger partial charge in [0.25, 0.3) is 0 Å². The van der Waals surface area contributed by atoms with Gasteiger partial charge < -0.3 is 9.84 Å². The molecule has 0 atom stereocenters. The summed E-state index contributed by atoms with van der Waals surface area (Å²) in [4.78, 5) is 24.4. The normalized spacial score (nSPS) is 13.6. The zero-order valence-electron chi connectivity index (χ0n) is 17.4. The zero-order valence-corrected chi connectivity index (χ0v) is 19.1. The molecule has 6 nitrogen and oxygen atoms in total. The molecule has 0 radical (unpaired) electrons. The molecule has 0 spiro atoms. The van der Waals surface area contributed by atoms with Gasteiger partial charge in [-0.25, -0.2) is 4.98 Å². The molecule has 0 fully saturated rings. The van der Waals surface area contributed by atoms with E-state index in [-0.39, 0.29) is 1.43 Å². The second kappa shape index (κ2) is 8.98. The van der Waals surface area contributed by atoms with Crippen LogP contribution >= 0.6 is 22.7 Å². The number of aromatic nitrogens is 3. The smallest absolute Gasteiger partial charge is 0.138 e. The van der Waals surface area contributed by atoms with E-state index >= 15 is 0 Å². The van der Waals surface area contributed by atoms with Gasteiger partial charge in [0.1, 0.15) is 22.1 Å². The van der Waals surface area contributed by atoms with Gasteiger partial charge in [0.2, 0.25) is 0 Å². The summed E-state index contributed by atoms with van der Waals surface area (Å²) >= 11 is 3.48. The largest absolute Gasteiger partial charge is 0.361 e. The third kappa shape index (κ3) is 4.46. The van der Waals surface area contributed by atoms with E-state index in [4.69, 9.17) is 9.51 Å². The van der Waals surface area contributed by atoms with Crippen LogP contribution in [0, 0.1) is 6.92 Å². The Morgan fingerprint density at radius 3 is 3.10 bits per heavy atom. The van der Waals surface area contributed by atoms with Crippen molar-refractivity contribution in [2.45, 2.75) is 52.0 Å². The monoisotopic (exact) mass is 454 g/mol. The number of hydrogen-bond donors (Lipinski definition) is 1. The Morgan fingerprint density at radius 1 is 1.32 bits per heavy atom. The first-order valence-corrected chi connectivity index (χ1v) is 12.3. The highest BCUT2D eigenvalue weighted by Crippen LogP contribution is 2.41. The lowest BCUT2D eigenvalue weighted by Gasteiger charge is -2.13. The summed E-state index contributed by atoms with van der Waals surface area (Å²) < 4.78 is 6.25. The molecule has 4 aromatic rings. The maximum atomic E-state index is 12.8. The Bertz CT molecular complexity index is 1200. The highest BCUT2D eigenvalue weighted by atomic mass is 32.1. The number of pyridine rings is 1. The van der Waals surface area contributed by atoms with E-state index in [1.165, 1.54) is 16.0 Å². The van der Waals surface area contributed by atoms with Crippen molar-refractivity contribution in [1.29, 1.82) is 0 Å². The average Bonchev–Trinajstić information content (AvgIpc) is 3.46. The van der Waals surface area contributed by atoms with Gasteiger partial charge in [0.05, 0.1) is 16.6 Å². The lowest BCUT2D eigenvalue weighted by Crippen LogP contribution is -2.22. The van der Waals surface area contributed by atoms with E-state index in [1.807, 2.05) is 31.5 Å². The van der Waals surface area contributed by atoms with Crippen molar-refractivity contribution in [2.75, 3.05) is 6.54 Å². The van der Waals surface area contributed by atoms with E-state index in [0.29, 0.717) is 18.6 Å². The van der Waals surface area contributed by atoms with Gasteiger partial charge in [-0.1, -0.05) is 5.16 Å². The first-order valence-electron chi connectivity index (χ1n) is 10.7. The number of carbonyl (C=O) groups excluding carboxylic acids is 1. The van der Waals surface area contributed by atoms with Crippen molar-refractivity contribution < 1.29 is 10.7 Å². The first kappa shape index (κ1) is 20.5. The Kier molecular flexibility index (Phi) is 5.93. The van der Waals surface area contributed by atoms with Crippen LogP contribution in [-0.2, 0) is 30.6 Å². The molecule has 4 aromatic heterocycles. The van der Waals surface area contributed by atoms with Gasteiger partial charge in [0, 0.05) is 48.4 Å². The standard InChI is InChI=1S/C23H24N4O2S2.H2/c1-14-10-15(27-29-14)4-2-3-5-16(28)11-20-22(17-6-8-25-13-21(17)30-20)23-26-18-12-24-9-7-19(18)31-23;/h7,9-10,12,25H,2-6,8,11,13H2,1H3;1H. The molecule has 0 amide bonds. The number of thiophene rings is 1. The van der Waals surface area contributed by atoms with E-state index in [9.17, 15) is 4.79 Å². The summed E-state index contributed by atoms with van der Waals surface area (Å²) in [6, 6.07) is 3.98. The molecule has 0 bridgehead atoms. The van der Waals surface area contributed by atoms with Crippen LogP contribution in [-0.4, -0.2) is 27.5 Å².